The van der Waals surface area contributed by atoms with Crippen LogP contribution in [0.5, 0.6) is 5.75 Å². The molecule has 0 bridgehead atoms. The summed E-state index contributed by atoms with van der Waals surface area (Å²) < 4.78 is 13.4. The third-order valence-corrected chi connectivity index (χ3v) is 2.51. The number of rotatable bonds is 5. The maximum Gasteiger partial charge on any atom is 0.307 e. The molecule has 94 valence electrons. The standard InChI is InChI=1S/C12H16FNO3/c1-2-3-10(14)8-4-7(6-11(15)16)5-9(13)12(8)17/h4-5,10,17H,2-3,6,14H2,1H3,(H,15,16)/t10-/m1/s1. The summed E-state index contributed by atoms with van der Waals surface area (Å²) in [6.07, 6.45) is 1.11. The summed E-state index contributed by atoms with van der Waals surface area (Å²) in [5.74, 6) is -2.37. The number of phenols is 1. The van der Waals surface area contributed by atoms with E-state index in [9.17, 15) is 14.3 Å². The highest BCUT2D eigenvalue weighted by Crippen LogP contribution is 2.29. The molecular weight excluding hydrogens is 225 g/mol. The Morgan fingerprint density at radius 3 is 2.71 bits per heavy atom. The number of aromatic hydroxyl groups is 1. The van der Waals surface area contributed by atoms with Crippen molar-refractivity contribution in [2.75, 3.05) is 0 Å². The van der Waals surface area contributed by atoms with Crippen molar-refractivity contribution in [2.24, 2.45) is 5.73 Å². The van der Waals surface area contributed by atoms with Crippen LogP contribution in [0.1, 0.15) is 36.9 Å². The molecule has 0 aliphatic heterocycles. The largest absolute Gasteiger partial charge is 0.505 e. The van der Waals surface area contributed by atoms with Crippen molar-refractivity contribution in [1.82, 2.24) is 0 Å². The zero-order valence-electron chi connectivity index (χ0n) is 9.61. The highest BCUT2D eigenvalue weighted by atomic mass is 19.1. The van der Waals surface area contributed by atoms with Gasteiger partial charge in [-0.15, -0.1) is 0 Å². The molecule has 0 aliphatic rings. The minimum absolute atomic E-state index is 0.267. The summed E-state index contributed by atoms with van der Waals surface area (Å²) in [7, 11) is 0. The molecule has 0 unspecified atom stereocenters. The lowest BCUT2D eigenvalue weighted by Crippen LogP contribution is -2.12. The summed E-state index contributed by atoms with van der Waals surface area (Å²) in [6.45, 7) is 1.92. The summed E-state index contributed by atoms with van der Waals surface area (Å²) in [5.41, 5.74) is 6.37. The second-order valence-corrected chi connectivity index (χ2v) is 3.98. The van der Waals surface area contributed by atoms with Crippen LogP contribution in [-0.2, 0) is 11.2 Å². The molecule has 1 atom stereocenters. The molecule has 0 saturated carbocycles. The number of carbonyl (C=O) groups is 1. The van der Waals surface area contributed by atoms with E-state index in [1.54, 1.807) is 0 Å². The fourth-order valence-corrected chi connectivity index (χ4v) is 1.70. The van der Waals surface area contributed by atoms with Gasteiger partial charge in [0.25, 0.3) is 0 Å². The van der Waals surface area contributed by atoms with Gasteiger partial charge < -0.3 is 15.9 Å². The Labute approximate surface area is 98.9 Å². The number of hydrogen-bond donors (Lipinski definition) is 3. The van der Waals surface area contributed by atoms with Gasteiger partial charge in [-0.25, -0.2) is 4.39 Å². The van der Waals surface area contributed by atoms with E-state index in [0.717, 1.165) is 12.5 Å². The summed E-state index contributed by atoms with van der Waals surface area (Å²) >= 11 is 0. The van der Waals surface area contributed by atoms with Crippen LogP contribution >= 0.6 is 0 Å². The van der Waals surface area contributed by atoms with E-state index in [4.69, 9.17) is 10.8 Å². The van der Waals surface area contributed by atoms with Crippen molar-refractivity contribution in [3.8, 4) is 5.75 Å². The fourth-order valence-electron chi connectivity index (χ4n) is 1.70. The van der Waals surface area contributed by atoms with Gasteiger partial charge in [0.1, 0.15) is 0 Å². The highest BCUT2D eigenvalue weighted by Gasteiger charge is 2.16. The van der Waals surface area contributed by atoms with Crippen molar-refractivity contribution >= 4 is 5.97 Å². The fraction of sp³-hybridized carbons (Fsp3) is 0.417. The first-order chi connectivity index (χ1) is 7.95. The first-order valence-corrected chi connectivity index (χ1v) is 5.44. The number of hydrogen-bond acceptors (Lipinski definition) is 3. The summed E-state index contributed by atoms with van der Waals surface area (Å²) in [5, 5.41) is 18.2. The minimum Gasteiger partial charge on any atom is -0.505 e. The zero-order valence-corrected chi connectivity index (χ0v) is 9.61. The third-order valence-electron chi connectivity index (χ3n) is 2.51. The Bertz CT molecular complexity index is 420. The number of nitrogens with two attached hydrogens (primary N) is 1. The number of halogens is 1. The molecule has 0 amide bonds. The normalized spacial score (nSPS) is 12.4. The van der Waals surface area contributed by atoms with Crippen molar-refractivity contribution in [2.45, 2.75) is 32.2 Å². The van der Waals surface area contributed by atoms with Crippen molar-refractivity contribution in [1.29, 1.82) is 0 Å². The molecule has 1 aromatic rings. The van der Waals surface area contributed by atoms with Crippen LogP contribution < -0.4 is 5.73 Å². The first kappa shape index (κ1) is 13.4. The topological polar surface area (TPSA) is 83.6 Å². The van der Waals surface area contributed by atoms with Crippen molar-refractivity contribution in [3.05, 3.63) is 29.1 Å². The monoisotopic (exact) mass is 241 g/mol. The van der Waals surface area contributed by atoms with E-state index in [1.165, 1.54) is 6.07 Å². The van der Waals surface area contributed by atoms with Crippen LogP contribution in [0.4, 0.5) is 4.39 Å². The van der Waals surface area contributed by atoms with E-state index in [0.29, 0.717) is 12.0 Å². The van der Waals surface area contributed by atoms with Gasteiger partial charge in [0.05, 0.1) is 6.42 Å². The molecule has 1 rings (SSSR count). The van der Waals surface area contributed by atoms with Crippen LogP contribution in [0, 0.1) is 5.82 Å². The van der Waals surface area contributed by atoms with Gasteiger partial charge in [0.2, 0.25) is 0 Å². The second-order valence-electron chi connectivity index (χ2n) is 3.98. The molecule has 1 aromatic carbocycles. The summed E-state index contributed by atoms with van der Waals surface area (Å²) in [4.78, 5) is 10.6. The van der Waals surface area contributed by atoms with E-state index >= 15 is 0 Å². The van der Waals surface area contributed by atoms with E-state index in [-0.39, 0.29) is 12.0 Å². The highest BCUT2D eigenvalue weighted by molar-refractivity contribution is 5.70. The molecule has 0 radical (unpaired) electrons. The molecule has 0 saturated heterocycles. The van der Waals surface area contributed by atoms with Crippen LogP contribution in [0.25, 0.3) is 0 Å². The molecule has 5 heteroatoms. The lowest BCUT2D eigenvalue weighted by atomic mass is 9.98. The summed E-state index contributed by atoms with van der Waals surface area (Å²) in [6, 6.07) is 1.99. The van der Waals surface area contributed by atoms with E-state index in [1.807, 2.05) is 6.92 Å². The van der Waals surface area contributed by atoms with Crippen molar-refractivity contribution in [3.63, 3.8) is 0 Å². The number of carboxylic acid groups (broad SMARTS) is 1. The maximum atomic E-state index is 13.4. The molecule has 0 spiro atoms. The van der Waals surface area contributed by atoms with Gasteiger partial charge >= 0.3 is 5.97 Å². The van der Waals surface area contributed by atoms with E-state index in [2.05, 4.69) is 0 Å². The van der Waals surface area contributed by atoms with Gasteiger partial charge in [-0.2, -0.15) is 0 Å². The predicted molar refractivity (Wildman–Crippen MR) is 61.2 cm³/mol. The van der Waals surface area contributed by atoms with Gasteiger partial charge in [-0.3, -0.25) is 4.79 Å². The van der Waals surface area contributed by atoms with Crippen LogP contribution in [0.15, 0.2) is 12.1 Å². The first-order valence-electron chi connectivity index (χ1n) is 5.44. The molecule has 0 aromatic heterocycles. The van der Waals surface area contributed by atoms with Gasteiger partial charge in [0.15, 0.2) is 11.6 Å². The quantitative estimate of drug-likeness (QED) is 0.735. The Hall–Kier alpha value is -1.62. The smallest absolute Gasteiger partial charge is 0.307 e. The number of carboxylic acids is 1. The zero-order chi connectivity index (χ0) is 13.0. The van der Waals surface area contributed by atoms with E-state index < -0.39 is 23.6 Å². The molecule has 17 heavy (non-hydrogen) atoms. The SMILES string of the molecule is CCC[C@@H](N)c1cc(CC(=O)O)cc(F)c1O. The van der Waals surface area contributed by atoms with Crippen LogP contribution in [-0.4, -0.2) is 16.2 Å². The number of phenolic OH excluding ortho intramolecular Hbond substituents is 1. The lowest BCUT2D eigenvalue weighted by molar-refractivity contribution is -0.136. The maximum absolute atomic E-state index is 13.4. The predicted octanol–water partition coefficient (Wildman–Crippen LogP) is 1.96. The third kappa shape index (κ3) is 3.42. The Kier molecular flexibility index (Phi) is 4.45. The molecule has 4 N–H and O–H groups in total. The molecule has 0 heterocycles. The second kappa shape index (κ2) is 5.63. The lowest BCUT2D eigenvalue weighted by Gasteiger charge is -2.14. The molecular formula is C12H16FNO3. The molecule has 0 aliphatic carbocycles. The van der Waals surface area contributed by atoms with Crippen LogP contribution in [0.2, 0.25) is 0 Å². The Morgan fingerprint density at radius 1 is 1.53 bits per heavy atom. The Balaban J connectivity index is 3.10. The van der Waals surface area contributed by atoms with Gasteiger partial charge in [-0.05, 0) is 24.1 Å². The van der Waals surface area contributed by atoms with Crippen molar-refractivity contribution < 1.29 is 19.4 Å². The number of benzene rings is 1. The average Bonchev–Trinajstić information content (AvgIpc) is 2.22. The molecule has 4 nitrogen and oxygen atoms in total. The van der Waals surface area contributed by atoms with Gasteiger partial charge in [0, 0.05) is 11.6 Å². The average molecular weight is 241 g/mol. The van der Waals surface area contributed by atoms with Crippen LogP contribution in [0.3, 0.4) is 0 Å². The Morgan fingerprint density at radius 2 is 2.18 bits per heavy atom. The van der Waals surface area contributed by atoms with Gasteiger partial charge in [-0.1, -0.05) is 13.3 Å². The minimum atomic E-state index is -1.05. The molecule has 0 fully saturated rings. The number of aliphatic carboxylic acids is 1.